The summed E-state index contributed by atoms with van der Waals surface area (Å²) in [4.78, 5) is 16.2. The zero-order valence-corrected chi connectivity index (χ0v) is 39.5. The first-order valence-electron chi connectivity index (χ1n) is 24.5. The molecule has 4 heteroatoms. The summed E-state index contributed by atoms with van der Waals surface area (Å²) in [6, 6.07) is 98.5. The second kappa shape index (κ2) is 19.8. The molecule has 0 saturated heterocycles. The van der Waals surface area contributed by atoms with Crippen molar-refractivity contribution >= 4 is 11.7 Å². The van der Waals surface area contributed by atoms with Crippen LogP contribution in [0.3, 0.4) is 0 Å². The van der Waals surface area contributed by atoms with Crippen LogP contribution < -0.4 is 5.32 Å². The molecule has 1 aliphatic rings. The number of benzene rings is 10. The fraction of sp³-hybridized carbons (Fsp3) is 0.0147. The first-order valence-corrected chi connectivity index (χ1v) is 24.5. The number of aromatic nitrogens is 1. The Morgan fingerprint density at radius 1 is 0.264 bits per heavy atom. The first kappa shape index (κ1) is 43.7. The van der Waals surface area contributed by atoms with Crippen molar-refractivity contribution in [2.75, 3.05) is 0 Å². The topological polar surface area (TPSA) is 49.6 Å². The Morgan fingerprint density at radius 3 is 1.12 bits per heavy atom. The number of aliphatic imine (C=N–C) groups is 2. The highest BCUT2D eigenvalue weighted by atomic mass is 15.2. The van der Waals surface area contributed by atoms with Crippen molar-refractivity contribution in [2.45, 2.75) is 6.17 Å². The Kier molecular flexibility index (Phi) is 12.1. The van der Waals surface area contributed by atoms with E-state index in [1.165, 1.54) is 0 Å². The van der Waals surface area contributed by atoms with E-state index >= 15 is 0 Å². The van der Waals surface area contributed by atoms with Gasteiger partial charge in [-0.1, -0.05) is 261 Å². The highest BCUT2D eigenvalue weighted by Gasteiger charge is 2.26. The van der Waals surface area contributed by atoms with Crippen molar-refractivity contribution in [2.24, 2.45) is 9.98 Å². The molecule has 0 bridgehead atoms. The predicted octanol–water partition coefficient (Wildman–Crippen LogP) is 16.9. The van der Waals surface area contributed by atoms with Crippen LogP contribution in [0, 0.1) is 0 Å². The van der Waals surface area contributed by atoms with Crippen LogP contribution in [0.15, 0.2) is 289 Å². The maximum atomic E-state index is 5.65. The lowest BCUT2D eigenvalue weighted by Gasteiger charge is -2.24. The van der Waals surface area contributed by atoms with Crippen molar-refractivity contribution in [3.8, 4) is 89.3 Å². The molecule has 12 rings (SSSR count). The van der Waals surface area contributed by atoms with Crippen LogP contribution in [-0.4, -0.2) is 16.7 Å². The number of amidine groups is 2. The van der Waals surface area contributed by atoms with E-state index in [0.717, 1.165) is 112 Å². The molecule has 2 heterocycles. The van der Waals surface area contributed by atoms with Gasteiger partial charge in [-0.15, -0.1) is 0 Å². The minimum Gasteiger partial charge on any atom is -0.344 e. The molecule has 10 aromatic carbocycles. The third-order valence-corrected chi connectivity index (χ3v) is 13.3. The molecule has 0 spiro atoms. The van der Waals surface area contributed by atoms with Gasteiger partial charge in [0.2, 0.25) is 0 Å². The van der Waals surface area contributed by atoms with Gasteiger partial charge in [-0.2, -0.15) is 0 Å². The lowest BCUT2D eigenvalue weighted by molar-refractivity contribution is 0.674. The minimum atomic E-state index is -0.368. The molecule has 0 saturated carbocycles. The Hall–Kier alpha value is -9.51. The molecular formula is C68H48N4. The standard InChI is InChI=1S/C68H48N4/c1-7-22-47(23-8-1)56-35-20-38-59(45-56)67-70-66(71-68(72-67)60-39-21-36-57(46-60)48-24-9-2-10-25-48)54-42-40-49(41-43-54)55-34-19-37-58(44-55)61-62(50-26-11-3-12-27-50)64(52-30-15-5-16-31-52)69-65(53-32-17-6-18-33-53)63(61)51-28-13-4-14-29-51/h1-46,67H,(H,70,71,72). The van der Waals surface area contributed by atoms with Crippen LogP contribution in [0.5, 0.6) is 0 Å². The van der Waals surface area contributed by atoms with Crippen molar-refractivity contribution < 1.29 is 0 Å². The van der Waals surface area contributed by atoms with E-state index in [2.05, 4.69) is 278 Å². The maximum Gasteiger partial charge on any atom is 0.159 e. The normalized spacial score (nSPS) is 13.1. The molecular weight excluding hydrogens is 873 g/mol. The Bertz CT molecular complexity index is 3620. The Morgan fingerprint density at radius 2 is 0.625 bits per heavy atom. The third kappa shape index (κ3) is 8.97. The van der Waals surface area contributed by atoms with Crippen molar-refractivity contribution in [1.29, 1.82) is 0 Å². The molecule has 0 amide bonds. The van der Waals surface area contributed by atoms with E-state index in [4.69, 9.17) is 15.0 Å². The van der Waals surface area contributed by atoms with Crippen LogP contribution in [-0.2, 0) is 0 Å². The van der Waals surface area contributed by atoms with Crippen LogP contribution in [0.1, 0.15) is 22.9 Å². The molecule has 1 aromatic heterocycles. The van der Waals surface area contributed by atoms with E-state index in [1.807, 2.05) is 6.07 Å². The smallest absolute Gasteiger partial charge is 0.159 e. The monoisotopic (exact) mass is 920 g/mol. The summed E-state index contributed by atoms with van der Waals surface area (Å²) in [6.07, 6.45) is -0.368. The molecule has 0 fully saturated rings. The largest absolute Gasteiger partial charge is 0.344 e. The van der Waals surface area contributed by atoms with Gasteiger partial charge in [0.25, 0.3) is 0 Å². The zero-order chi connectivity index (χ0) is 48.1. The zero-order valence-electron chi connectivity index (χ0n) is 39.5. The third-order valence-electron chi connectivity index (χ3n) is 13.3. The summed E-state index contributed by atoms with van der Waals surface area (Å²) < 4.78 is 0. The van der Waals surface area contributed by atoms with Gasteiger partial charge in [-0.3, -0.25) is 0 Å². The van der Waals surface area contributed by atoms with Gasteiger partial charge in [0.1, 0.15) is 12.0 Å². The molecule has 0 radical (unpaired) electrons. The average Bonchev–Trinajstić information content (AvgIpc) is 3.48. The fourth-order valence-corrected chi connectivity index (χ4v) is 9.81. The molecule has 340 valence electrons. The van der Waals surface area contributed by atoms with E-state index in [-0.39, 0.29) is 6.17 Å². The maximum absolute atomic E-state index is 5.65. The van der Waals surface area contributed by atoms with Gasteiger partial charge in [-0.05, 0) is 73.8 Å². The van der Waals surface area contributed by atoms with Crippen LogP contribution in [0.2, 0.25) is 0 Å². The van der Waals surface area contributed by atoms with Crippen molar-refractivity contribution in [1.82, 2.24) is 10.3 Å². The number of pyridine rings is 1. The number of hydrogen-bond acceptors (Lipinski definition) is 4. The lowest BCUT2D eigenvalue weighted by Crippen LogP contribution is -2.33. The highest BCUT2D eigenvalue weighted by Crippen LogP contribution is 2.49. The SMILES string of the molecule is c1ccc(-c2cccc(C3=NC(c4ccc(-c5cccc(-c6c(-c7ccccc7)c(-c7ccccc7)nc(-c7ccccc7)c6-c6ccccc6)c5)cc4)=NC(c4cccc(-c5ccccc5)c4)N3)c2)cc1. The van der Waals surface area contributed by atoms with Gasteiger partial charge in [0, 0.05) is 38.9 Å². The molecule has 1 atom stereocenters. The number of rotatable bonds is 11. The molecule has 1 unspecified atom stereocenters. The summed E-state index contributed by atoms with van der Waals surface area (Å²) in [7, 11) is 0. The summed E-state index contributed by atoms with van der Waals surface area (Å²) in [5.74, 6) is 1.44. The van der Waals surface area contributed by atoms with Gasteiger partial charge >= 0.3 is 0 Å². The summed E-state index contributed by atoms with van der Waals surface area (Å²) >= 11 is 0. The van der Waals surface area contributed by atoms with Gasteiger partial charge in [0.05, 0.1) is 11.4 Å². The van der Waals surface area contributed by atoms with E-state index in [9.17, 15) is 0 Å². The average molecular weight is 921 g/mol. The molecule has 4 nitrogen and oxygen atoms in total. The Labute approximate surface area is 421 Å². The molecule has 11 aromatic rings. The van der Waals surface area contributed by atoms with Crippen molar-refractivity contribution in [3.63, 3.8) is 0 Å². The minimum absolute atomic E-state index is 0.368. The van der Waals surface area contributed by atoms with E-state index in [1.54, 1.807) is 0 Å². The Balaban J connectivity index is 0.986. The number of nitrogens with one attached hydrogen (secondary N) is 1. The fourth-order valence-electron chi connectivity index (χ4n) is 9.81. The van der Waals surface area contributed by atoms with Crippen molar-refractivity contribution in [3.05, 3.63) is 296 Å². The number of hydrogen-bond donors (Lipinski definition) is 1. The molecule has 1 N–H and O–H groups in total. The molecule has 72 heavy (non-hydrogen) atoms. The van der Waals surface area contributed by atoms with Gasteiger partial charge in [-0.25, -0.2) is 15.0 Å². The summed E-state index contributed by atoms with van der Waals surface area (Å²) in [5.41, 5.74) is 20.3. The second-order valence-electron chi connectivity index (χ2n) is 18.0. The van der Waals surface area contributed by atoms with E-state index in [0.29, 0.717) is 5.84 Å². The number of nitrogens with zero attached hydrogens (tertiary/aromatic N) is 3. The van der Waals surface area contributed by atoms with Crippen LogP contribution in [0.4, 0.5) is 0 Å². The quantitative estimate of drug-likeness (QED) is 0.141. The van der Waals surface area contributed by atoms with E-state index < -0.39 is 0 Å². The first-order chi connectivity index (χ1) is 35.7. The predicted molar refractivity (Wildman–Crippen MR) is 300 cm³/mol. The van der Waals surface area contributed by atoms with Crippen LogP contribution >= 0.6 is 0 Å². The summed E-state index contributed by atoms with van der Waals surface area (Å²) in [5, 5.41) is 3.72. The molecule has 0 aliphatic carbocycles. The molecule has 1 aliphatic heterocycles. The van der Waals surface area contributed by atoms with Gasteiger partial charge in [0.15, 0.2) is 5.84 Å². The van der Waals surface area contributed by atoms with Gasteiger partial charge < -0.3 is 5.32 Å². The van der Waals surface area contributed by atoms with Crippen LogP contribution in [0.25, 0.3) is 89.3 Å². The summed E-state index contributed by atoms with van der Waals surface area (Å²) in [6.45, 7) is 0. The second-order valence-corrected chi connectivity index (χ2v) is 18.0. The highest BCUT2D eigenvalue weighted by molar-refractivity contribution is 6.13. The lowest BCUT2D eigenvalue weighted by atomic mass is 9.82.